The Hall–Kier alpha value is -0.770. The Labute approximate surface area is 71.7 Å². The van der Waals surface area contributed by atoms with E-state index in [0.717, 1.165) is 26.1 Å². The fourth-order valence-corrected chi connectivity index (χ4v) is 0.998. The zero-order valence-electron chi connectivity index (χ0n) is 7.07. The summed E-state index contributed by atoms with van der Waals surface area (Å²) in [5.41, 5.74) is 7.97. The van der Waals surface area contributed by atoms with Crippen LogP contribution in [0.3, 0.4) is 0 Å². The molecule has 5 heteroatoms. The van der Waals surface area contributed by atoms with Gasteiger partial charge in [0.1, 0.15) is 0 Å². The van der Waals surface area contributed by atoms with Gasteiger partial charge in [0.05, 0.1) is 6.61 Å². The molecule has 1 aliphatic heterocycles. The summed E-state index contributed by atoms with van der Waals surface area (Å²) in [5.74, 6) is 0.699. The molecule has 0 unspecified atom stereocenters. The topological polar surface area (TPSA) is 70.0 Å². The number of hydrogen-bond acceptors (Lipinski definition) is 3. The van der Waals surface area contributed by atoms with Crippen LogP contribution in [-0.2, 0) is 4.74 Å². The summed E-state index contributed by atoms with van der Waals surface area (Å²) in [7, 11) is 0. The van der Waals surface area contributed by atoms with E-state index in [1.807, 2.05) is 0 Å². The first kappa shape index (κ1) is 9.32. The molecule has 0 aliphatic carbocycles. The molecule has 0 aromatic rings. The van der Waals surface area contributed by atoms with E-state index < -0.39 is 0 Å². The third-order valence-corrected chi connectivity index (χ3v) is 1.83. The summed E-state index contributed by atoms with van der Waals surface area (Å²) in [5, 5.41) is 6.59. The minimum absolute atomic E-state index is 0.541. The van der Waals surface area contributed by atoms with Crippen molar-refractivity contribution in [2.75, 3.05) is 32.8 Å². The van der Waals surface area contributed by atoms with Crippen molar-refractivity contribution in [3.8, 4) is 0 Å². The van der Waals surface area contributed by atoms with Crippen molar-refractivity contribution in [1.29, 1.82) is 0 Å². The monoisotopic (exact) mass is 170 g/mol. The van der Waals surface area contributed by atoms with Crippen LogP contribution in [0.4, 0.5) is 0 Å². The van der Waals surface area contributed by atoms with Crippen LogP contribution in [0.1, 0.15) is 6.42 Å². The lowest BCUT2D eigenvalue weighted by molar-refractivity contribution is 0.0795. The average molecular weight is 170 g/mol. The summed E-state index contributed by atoms with van der Waals surface area (Å²) in [6.45, 7) is 4.24. The summed E-state index contributed by atoms with van der Waals surface area (Å²) < 4.78 is 5.36. The Balaban J connectivity index is 1.79. The van der Waals surface area contributed by atoms with E-state index in [4.69, 9.17) is 10.3 Å². The van der Waals surface area contributed by atoms with Crippen molar-refractivity contribution in [2.24, 2.45) is 11.0 Å². The molecule has 0 spiro atoms. The van der Waals surface area contributed by atoms with E-state index in [1.54, 1.807) is 0 Å². The molecule has 68 valence electrons. The molecule has 0 aromatic heterocycles. The average Bonchev–Trinajstić information content (AvgIpc) is 2.00. The molecule has 1 saturated heterocycles. The zero-order chi connectivity index (χ0) is 8.65. The number of rotatable bonds is 6. The molecule has 0 radical (unpaired) electrons. The van der Waals surface area contributed by atoms with Gasteiger partial charge in [0.25, 0.3) is 0 Å². The predicted molar refractivity (Wildman–Crippen MR) is 45.8 cm³/mol. The number of nitrogens with zero attached hydrogens (tertiary/aromatic N) is 3. The van der Waals surface area contributed by atoms with Crippen molar-refractivity contribution in [1.82, 2.24) is 5.32 Å². The quantitative estimate of drug-likeness (QED) is 0.279. The van der Waals surface area contributed by atoms with Crippen molar-refractivity contribution < 1.29 is 4.74 Å². The van der Waals surface area contributed by atoms with E-state index in [0.29, 0.717) is 19.1 Å². The summed E-state index contributed by atoms with van der Waals surface area (Å²) in [6.07, 6.45) is 0.824. The van der Waals surface area contributed by atoms with Crippen LogP contribution in [0.15, 0.2) is 5.11 Å². The molecule has 0 atom stereocenters. The Morgan fingerprint density at radius 1 is 1.58 bits per heavy atom. The minimum Gasteiger partial charge on any atom is -0.381 e. The fraction of sp³-hybridized carbons (Fsp3) is 1.00. The highest BCUT2D eigenvalue weighted by atomic mass is 16.5. The Kier molecular flexibility index (Phi) is 4.52. The molecule has 12 heavy (non-hydrogen) atoms. The van der Waals surface area contributed by atoms with Gasteiger partial charge in [-0.05, 0) is 12.0 Å². The van der Waals surface area contributed by atoms with Crippen LogP contribution in [0.2, 0.25) is 0 Å². The molecule has 1 heterocycles. The molecule has 1 N–H and O–H groups in total. The number of ether oxygens (including phenoxy) is 1. The van der Waals surface area contributed by atoms with Crippen molar-refractivity contribution in [3.05, 3.63) is 10.4 Å². The smallest absolute Gasteiger partial charge is 0.0518 e. The highest BCUT2D eigenvalue weighted by Crippen LogP contribution is 2.02. The molecule has 1 rings (SSSR count). The minimum atomic E-state index is 0.541. The number of nitrogens with one attached hydrogen (secondary N) is 1. The Bertz CT molecular complexity index is 163. The fourth-order valence-electron chi connectivity index (χ4n) is 0.998. The SMILES string of the molecule is [N-]=[N+]=NCCCOCC1CNC1. The van der Waals surface area contributed by atoms with Gasteiger partial charge in [0, 0.05) is 37.1 Å². The molecule has 5 nitrogen and oxygen atoms in total. The zero-order valence-corrected chi connectivity index (χ0v) is 7.07. The third kappa shape index (κ3) is 3.57. The van der Waals surface area contributed by atoms with Gasteiger partial charge >= 0.3 is 0 Å². The molecular formula is C7H14N4O. The largest absolute Gasteiger partial charge is 0.381 e. The molecule has 1 fully saturated rings. The van der Waals surface area contributed by atoms with E-state index in [1.165, 1.54) is 0 Å². The van der Waals surface area contributed by atoms with Crippen LogP contribution in [0.5, 0.6) is 0 Å². The lowest BCUT2D eigenvalue weighted by Crippen LogP contribution is -2.44. The lowest BCUT2D eigenvalue weighted by atomic mass is 10.1. The van der Waals surface area contributed by atoms with Crippen molar-refractivity contribution >= 4 is 0 Å². The molecule has 0 saturated carbocycles. The Morgan fingerprint density at radius 3 is 3.00 bits per heavy atom. The van der Waals surface area contributed by atoms with E-state index in [2.05, 4.69) is 15.3 Å². The molecule has 0 aromatic carbocycles. The van der Waals surface area contributed by atoms with E-state index in [-0.39, 0.29) is 0 Å². The lowest BCUT2D eigenvalue weighted by Gasteiger charge is -2.26. The maximum atomic E-state index is 7.97. The van der Waals surface area contributed by atoms with Crippen LogP contribution < -0.4 is 5.32 Å². The van der Waals surface area contributed by atoms with Gasteiger partial charge in [0.15, 0.2) is 0 Å². The summed E-state index contributed by atoms with van der Waals surface area (Å²) in [6, 6.07) is 0. The second-order valence-electron chi connectivity index (χ2n) is 2.91. The highest BCUT2D eigenvalue weighted by molar-refractivity contribution is 4.73. The van der Waals surface area contributed by atoms with Gasteiger partial charge in [-0.2, -0.15) is 0 Å². The van der Waals surface area contributed by atoms with Crippen LogP contribution in [-0.4, -0.2) is 32.8 Å². The maximum Gasteiger partial charge on any atom is 0.0518 e. The second kappa shape index (κ2) is 5.83. The van der Waals surface area contributed by atoms with Gasteiger partial charge in [-0.15, -0.1) is 0 Å². The highest BCUT2D eigenvalue weighted by Gasteiger charge is 2.15. The van der Waals surface area contributed by atoms with E-state index in [9.17, 15) is 0 Å². The standard InChI is InChI=1S/C7H14N4O/c8-11-10-2-1-3-12-6-7-4-9-5-7/h7,9H,1-6H2. The Morgan fingerprint density at radius 2 is 2.42 bits per heavy atom. The molecule has 0 amide bonds. The van der Waals surface area contributed by atoms with Crippen molar-refractivity contribution in [3.63, 3.8) is 0 Å². The molecular weight excluding hydrogens is 156 g/mol. The van der Waals surface area contributed by atoms with E-state index >= 15 is 0 Å². The normalized spacial score (nSPS) is 16.7. The van der Waals surface area contributed by atoms with Crippen LogP contribution in [0, 0.1) is 5.92 Å². The van der Waals surface area contributed by atoms with Crippen LogP contribution >= 0.6 is 0 Å². The summed E-state index contributed by atoms with van der Waals surface area (Å²) >= 11 is 0. The van der Waals surface area contributed by atoms with Gasteiger partial charge in [-0.3, -0.25) is 0 Å². The first-order chi connectivity index (χ1) is 5.93. The van der Waals surface area contributed by atoms with Crippen molar-refractivity contribution in [2.45, 2.75) is 6.42 Å². The molecule has 0 bridgehead atoms. The summed E-state index contributed by atoms with van der Waals surface area (Å²) in [4.78, 5) is 2.66. The first-order valence-electron chi connectivity index (χ1n) is 4.23. The van der Waals surface area contributed by atoms with Gasteiger partial charge in [-0.25, -0.2) is 0 Å². The molecule has 1 aliphatic rings. The maximum absolute atomic E-state index is 7.97. The van der Waals surface area contributed by atoms with Gasteiger partial charge in [0.2, 0.25) is 0 Å². The first-order valence-corrected chi connectivity index (χ1v) is 4.23. The third-order valence-electron chi connectivity index (χ3n) is 1.83. The number of azide groups is 1. The van der Waals surface area contributed by atoms with Crippen LogP contribution in [0.25, 0.3) is 10.4 Å². The predicted octanol–water partition coefficient (Wildman–Crippen LogP) is 0.923. The number of hydrogen-bond donors (Lipinski definition) is 1. The van der Waals surface area contributed by atoms with Gasteiger partial charge < -0.3 is 10.1 Å². The van der Waals surface area contributed by atoms with Gasteiger partial charge in [-0.1, -0.05) is 5.11 Å². The second-order valence-corrected chi connectivity index (χ2v) is 2.91.